The third kappa shape index (κ3) is 6.40. The number of amides is 2. The van der Waals surface area contributed by atoms with E-state index >= 15 is 0 Å². The Kier molecular flexibility index (Phi) is 8.88. The SMILES string of the molecule is CCO[C@H]1CCN(Cc2c(OC)cc(C)c3[nH]ccc23)[C@H](c2ccc(C(=O)N[C@@H](CC(N)=O)C(=O)O)cc2)C1. The summed E-state index contributed by atoms with van der Waals surface area (Å²) in [6, 6.07) is 9.93. The number of aromatic amines is 1. The molecule has 0 bridgehead atoms. The van der Waals surface area contributed by atoms with E-state index in [9.17, 15) is 19.5 Å². The van der Waals surface area contributed by atoms with Crippen molar-refractivity contribution < 1.29 is 29.0 Å². The monoisotopic (exact) mass is 536 g/mol. The van der Waals surface area contributed by atoms with Gasteiger partial charge in [0.2, 0.25) is 5.91 Å². The van der Waals surface area contributed by atoms with E-state index in [1.165, 1.54) is 0 Å². The van der Waals surface area contributed by atoms with E-state index in [0.717, 1.165) is 52.7 Å². The summed E-state index contributed by atoms with van der Waals surface area (Å²) in [5, 5.41) is 12.8. The Morgan fingerprint density at radius 2 is 1.97 bits per heavy atom. The van der Waals surface area contributed by atoms with Gasteiger partial charge in [-0.25, -0.2) is 4.79 Å². The van der Waals surface area contributed by atoms with Gasteiger partial charge in [-0.15, -0.1) is 0 Å². The predicted octanol–water partition coefficient (Wildman–Crippen LogP) is 3.29. The molecule has 39 heavy (non-hydrogen) atoms. The van der Waals surface area contributed by atoms with E-state index in [4.69, 9.17) is 15.2 Å². The number of benzene rings is 2. The second kappa shape index (κ2) is 12.3. The minimum atomic E-state index is -1.38. The van der Waals surface area contributed by atoms with Crippen LogP contribution < -0.4 is 15.8 Å². The number of aromatic nitrogens is 1. The van der Waals surface area contributed by atoms with Gasteiger partial charge in [0, 0.05) is 54.0 Å². The Morgan fingerprint density at radius 1 is 1.23 bits per heavy atom. The molecule has 1 aromatic heterocycles. The molecule has 1 saturated heterocycles. The van der Waals surface area contributed by atoms with E-state index in [2.05, 4.69) is 34.3 Å². The van der Waals surface area contributed by atoms with Gasteiger partial charge in [0.1, 0.15) is 11.8 Å². The number of primary amides is 1. The highest BCUT2D eigenvalue weighted by Crippen LogP contribution is 2.38. The molecule has 1 aliphatic rings. The van der Waals surface area contributed by atoms with Crippen LogP contribution >= 0.6 is 0 Å². The van der Waals surface area contributed by atoms with Crippen molar-refractivity contribution in [1.29, 1.82) is 0 Å². The molecule has 0 saturated carbocycles. The number of hydrogen-bond acceptors (Lipinski definition) is 6. The van der Waals surface area contributed by atoms with E-state index in [-0.39, 0.29) is 12.1 Å². The molecule has 2 heterocycles. The smallest absolute Gasteiger partial charge is 0.326 e. The number of carboxylic acid groups (broad SMARTS) is 1. The third-order valence-electron chi connectivity index (χ3n) is 7.33. The lowest BCUT2D eigenvalue weighted by atomic mass is 9.91. The van der Waals surface area contributed by atoms with Crippen LogP contribution in [0.5, 0.6) is 5.75 Å². The zero-order valence-corrected chi connectivity index (χ0v) is 22.5. The van der Waals surface area contributed by atoms with Crippen LogP contribution in [0.15, 0.2) is 42.6 Å². The molecule has 4 rings (SSSR count). The first-order chi connectivity index (χ1) is 18.7. The number of hydrogen-bond donors (Lipinski definition) is 4. The van der Waals surface area contributed by atoms with Gasteiger partial charge in [-0.2, -0.15) is 0 Å². The number of likely N-dealkylation sites (tertiary alicyclic amines) is 1. The summed E-state index contributed by atoms with van der Waals surface area (Å²) < 4.78 is 11.8. The first-order valence-electron chi connectivity index (χ1n) is 13.1. The van der Waals surface area contributed by atoms with Crippen LogP contribution in [-0.2, 0) is 20.9 Å². The topological polar surface area (TPSA) is 147 Å². The molecule has 5 N–H and O–H groups in total. The van der Waals surface area contributed by atoms with Crippen molar-refractivity contribution in [3.05, 3.63) is 64.8 Å². The summed E-state index contributed by atoms with van der Waals surface area (Å²) in [7, 11) is 1.69. The maximum Gasteiger partial charge on any atom is 0.326 e. The van der Waals surface area contributed by atoms with Crippen molar-refractivity contribution in [2.75, 3.05) is 20.3 Å². The normalized spacial score (nSPS) is 18.5. The summed E-state index contributed by atoms with van der Waals surface area (Å²) in [6.07, 6.45) is 3.29. The van der Waals surface area contributed by atoms with Gasteiger partial charge in [0.25, 0.3) is 5.91 Å². The lowest BCUT2D eigenvalue weighted by Gasteiger charge is -2.40. The Balaban J connectivity index is 1.59. The molecule has 0 spiro atoms. The number of piperidine rings is 1. The number of nitrogens with one attached hydrogen (secondary N) is 2. The second-order valence-electron chi connectivity index (χ2n) is 9.89. The Bertz CT molecular complexity index is 1340. The fourth-order valence-electron chi connectivity index (χ4n) is 5.39. The fourth-order valence-corrected chi connectivity index (χ4v) is 5.39. The number of ether oxygens (including phenoxy) is 2. The second-order valence-corrected chi connectivity index (χ2v) is 9.89. The molecule has 2 aromatic carbocycles. The number of rotatable bonds is 11. The average molecular weight is 537 g/mol. The molecule has 10 nitrogen and oxygen atoms in total. The minimum Gasteiger partial charge on any atom is -0.496 e. The quantitative estimate of drug-likeness (QED) is 0.294. The molecule has 3 atom stereocenters. The number of methoxy groups -OCH3 is 1. The largest absolute Gasteiger partial charge is 0.496 e. The van der Waals surface area contributed by atoms with Gasteiger partial charge >= 0.3 is 5.97 Å². The Labute approximate surface area is 227 Å². The molecule has 0 radical (unpaired) electrons. The lowest BCUT2D eigenvalue weighted by Crippen LogP contribution is -2.43. The van der Waals surface area contributed by atoms with Crippen molar-refractivity contribution in [2.24, 2.45) is 5.73 Å². The van der Waals surface area contributed by atoms with Crippen LogP contribution in [0.4, 0.5) is 0 Å². The highest BCUT2D eigenvalue weighted by Gasteiger charge is 2.31. The standard InChI is InChI=1S/C29H36N4O6/c1-4-39-20-10-12-33(16-22-21-9-11-31-27(21)17(2)13-25(22)38-3)24(14-20)18-5-7-19(8-6-18)28(35)32-23(29(36)37)15-26(30)34/h5-9,11,13,20,23-24,31H,4,10,12,14-16H2,1-3H3,(H2,30,34)(H,32,35)(H,36,37)/t20-,23-,24-/m0/s1. The summed E-state index contributed by atoms with van der Waals surface area (Å²) >= 11 is 0. The Morgan fingerprint density at radius 3 is 2.62 bits per heavy atom. The number of nitrogens with two attached hydrogens (primary N) is 1. The zero-order chi connectivity index (χ0) is 28.1. The minimum absolute atomic E-state index is 0.0361. The van der Waals surface area contributed by atoms with Crippen molar-refractivity contribution >= 4 is 28.7 Å². The van der Waals surface area contributed by atoms with Gasteiger partial charge in [-0.05, 0) is 62.1 Å². The van der Waals surface area contributed by atoms with Crippen LogP contribution in [0.2, 0.25) is 0 Å². The van der Waals surface area contributed by atoms with Crippen molar-refractivity contribution in [3.63, 3.8) is 0 Å². The molecule has 208 valence electrons. The van der Waals surface area contributed by atoms with E-state index in [0.29, 0.717) is 18.7 Å². The number of carbonyl (C=O) groups excluding carboxylic acids is 2. The summed E-state index contributed by atoms with van der Waals surface area (Å²) in [6.45, 7) is 6.20. The molecule has 3 aromatic rings. The number of H-pyrrole nitrogens is 1. The van der Waals surface area contributed by atoms with Gasteiger partial charge < -0.3 is 30.6 Å². The number of aryl methyl sites for hydroxylation is 1. The van der Waals surface area contributed by atoms with Crippen LogP contribution in [-0.4, -0.2) is 65.2 Å². The molecular weight excluding hydrogens is 500 g/mol. The maximum atomic E-state index is 12.7. The van der Waals surface area contributed by atoms with Crippen molar-refractivity contribution in [3.8, 4) is 5.75 Å². The third-order valence-corrected chi connectivity index (χ3v) is 7.33. The van der Waals surface area contributed by atoms with Gasteiger partial charge in [-0.1, -0.05) is 12.1 Å². The van der Waals surface area contributed by atoms with E-state index < -0.39 is 30.2 Å². The average Bonchev–Trinajstić information content (AvgIpc) is 3.41. The van der Waals surface area contributed by atoms with E-state index in [1.54, 1.807) is 19.2 Å². The first kappa shape index (κ1) is 28.1. The number of aliphatic carboxylic acids is 1. The number of carboxylic acids is 1. The first-order valence-corrected chi connectivity index (χ1v) is 13.1. The van der Waals surface area contributed by atoms with Crippen LogP contribution in [0.3, 0.4) is 0 Å². The molecule has 0 aliphatic carbocycles. The molecule has 1 fully saturated rings. The van der Waals surface area contributed by atoms with Gasteiger partial charge in [0.05, 0.1) is 19.6 Å². The molecule has 2 amide bonds. The van der Waals surface area contributed by atoms with Crippen LogP contribution in [0, 0.1) is 6.92 Å². The summed E-state index contributed by atoms with van der Waals surface area (Å²) in [5.41, 5.74) is 9.78. The fraction of sp³-hybridized carbons (Fsp3) is 0.414. The molecular formula is C29H36N4O6. The van der Waals surface area contributed by atoms with E-state index in [1.807, 2.05) is 25.3 Å². The highest BCUT2D eigenvalue weighted by molar-refractivity contribution is 5.97. The zero-order valence-electron chi connectivity index (χ0n) is 22.5. The number of fused-ring (bicyclic) bond motifs is 1. The van der Waals surface area contributed by atoms with Crippen molar-refractivity contribution in [2.45, 2.75) is 57.8 Å². The summed E-state index contributed by atoms with van der Waals surface area (Å²) in [5.74, 6) is -1.86. The molecule has 0 unspecified atom stereocenters. The predicted molar refractivity (Wildman–Crippen MR) is 147 cm³/mol. The van der Waals surface area contributed by atoms with Gasteiger partial charge in [0.15, 0.2) is 0 Å². The number of nitrogens with zero attached hydrogens (tertiary/aromatic N) is 1. The maximum absolute atomic E-state index is 12.7. The van der Waals surface area contributed by atoms with Gasteiger partial charge in [-0.3, -0.25) is 14.5 Å². The lowest BCUT2D eigenvalue weighted by molar-refractivity contribution is -0.140. The Hall–Kier alpha value is -3.89. The highest BCUT2D eigenvalue weighted by atomic mass is 16.5. The van der Waals surface area contributed by atoms with Crippen LogP contribution in [0.1, 0.15) is 59.3 Å². The molecule has 10 heteroatoms. The number of carbonyl (C=O) groups is 3. The summed E-state index contributed by atoms with van der Waals surface area (Å²) in [4.78, 5) is 41.0. The molecule has 1 aliphatic heterocycles. The van der Waals surface area contributed by atoms with Crippen LogP contribution in [0.25, 0.3) is 10.9 Å². The van der Waals surface area contributed by atoms with Crippen molar-refractivity contribution in [1.82, 2.24) is 15.2 Å².